The molecule has 1 aromatic carbocycles. The Morgan fingerprint density at radius 1 is 1.43 bits per heavy atom. The van der Waals surface area contributed by atoms with Crippen LogP contribution in [0.25, 0.3) is 0 Å². The van der Waals surface area contributed by atoms with Gasteiger partial charge in [0.15, 0.2) is 0 Å². The van der Waals surface area contributed by atoms with Crippen molar-refractivity contribution in [2.24, 2.45) is 5.10 Å². The van der Waals surface area contributed by atoms with E-state index in [0.717, 1.165) is 17.7 Å². The third-order valence-electron chi connectivity index (χ3n) is 1.54. The molecule has 4 nitrogen and oxygen atoms in total. The smallest absolute Gasteiger partial charge is 0.143 e. The number of nitrogens with one attached hydrogen (secondary N) is 1. The molecule has 14 heavy (non-hydrogen) atoms. The van der Waals surface area contributed by atoms with Gasteiger partial charge in [-0.05, 0) is 18.2 Å². The first-order valence-electron chi connectivity index (χ1n) is 4.10. The lowest BCUT2D eigenvalue weighted by atomic mass is 10.3. The number of nitrogens with zero attached hydrogens (tertiary/aromatic N) is 1. The van der Waals surface area contributed by atoms with Gasteiger partial charge in [-0.1, -0.05) is 12.1 Å². The van der Waals surface area contributed by atoms with E-state index in [1.54, 1.807) is 7.11 Å². The second kappa shape index (κ2) is 5.64. The van der Waals surface area contributed by atoms with Crippen LogP contribution in [0.1, 0.15) is 0 Å². The Morgan fingerprint density at radius 2 is 2.21 bits per heavy atom. The minimum Gasteiger partial charge on any atom is -0.516 e. The molecule has 0 amide bonds. The average Bonchev–Trinajstić information content (AvgIpc) is 2.25. The Balaban J connectivity index is 2.66. The van der Waals surface area contributed by atoms with Crippen LogP contribution in [0.2, 0.25) is 0 Å². The predicted octanol–water partition coefficient (Wildman–Crippen LogP) is 2.16. The molecular formula is C10H12N2O2. The highest BCUT2D eigenvalue weighted by atomic mass is 16.5. The summed E-state index contributed by atoms with van der Waals surface area (Å²) in [6, 6.07) is 7.43. The maximum absolute atomic E-state index is 8.34. The van der Waals surface area contributed by atoms with Gasteiger partial charge in [-0.15, -0.1) is 0 Å². The Bertz CT molecular complexity index is 335. The van der Waals surface area contributed by atoms with E-state index in [0.29, 0.717) is 0 Å². The fourth-order valence-electron chi connectivity index (χ4n) is 0.925. The molecule has 0 unspecified atom stereocenters. The number of hydrogen-bond acceptors (Lipinski definition) is 4. The quantitative estimate of drug-likeness (QED) is 0.436. The van der Waals surface area contributed by atoms with E-state index in [-0.39, 0.29) is 0 Å². The van der Waals surface area contributed by atoms with Crippen molar-refractivity contribution in [1.82, 2.24) is 0 Å². The summed E-state index contributed by atoms with van der Waals surface area (Å²) in [5.41, 5.74) is 3.56. The van der Waals surface area contributed by atoms with Crippen LogP contribution < -0.4 is 10.2 Å². The Morgan fingerprint density at radius 3 is 2.93 bits per heavy atom. The topological polar surface area (TPSA) is 53.8 Å². The molecule has 0 radical (unpaired) electrons. The molecule has 74 valence electrons. The molecule has 0 aliphatic rings. The van der Waals surface area contributed by atoms with Crippen molar-refractivity contribution in [3.63, 3.8) is 0 Å². The van der Waals surface area contributed by atoms with Crippen LogP contribution in [0.15, 0.2) is 41.7 Å². The number of aliphatic hydroxyl groups excluding tert-OH is 1. The summed E-state index contributed by atoms with van der Waals surface area (Å²) in [5.74, 6) is 0.720. The van der Waals surface area contributed by atoms with Gasteiger partial charge in [0.05, 0.1) is 25.3 Å². The Hall–Kier alpha value is -1.97. The summed E-state index contributed by atoms with van der Waals surface area (Å²) in [6.45, 7) is 0. The van der Waals surface area contributed by atoms with Gasteiger partial charge in [0, 0.05) is 0 Å². The zero-order valence-electron chi connectivity index (χ0n) is 7.84. The van der Waals surface area contributed by atoms with Gasteiger partial charge in [0.25, 0.3) is 0 Å². The first kappa shape index (κ1) is 10.1. The molecule has 0 aromatic heterocycles. The molecule has 0 fully saturated rings. The molecule has 0 bridgehead atoms. The number of para-hydroxylation sites is 2. The number of rotatable bonds is 4. The van der Waals surface area contributed by atoms with Crippen molar-refractivity contribution in [2.45, 2.75) is 0 Å². The number of hydrazone groups is 1. The van der Waals surface area contributed by atoms with Gasteiger partial charge >= 0.3 is 0 Å². The van der Waals surface area contributed by atoms with Gasteiger partial charge in [-0.3, -0.25) is 5.43 Å². The van der Waals surface area contributed by atoms with Gasteiger partial charge < -0.3 is 9.84 Å². The predicted molar refractivity (Wildman–Crippen MR) is 56.9 cm³/mol. The van der Waals surface area contributed by atoms with E-state index in [1.807, 2.05) is 24.3 Å². The second-order valence-corrected chi connectivity index (χ2v) is 2.43. The lowest BCUT2D eigenvalue weighted by molar-refractivity contribution is 0.416. The van der Waals surface area contributed by atoms with E-state index in [9.17, 15) is 0 Å². The maximum atomic E-state index is 8.34. The van der Waals surface area contributed by atoms with E-state index < -0.39 is 0 Å². The summed E-state index contributed by atoms with van der Waals surface area (Å²) >= 11 is 0. The highest BCUT2D eigenvalue weighted by Gasteiger charge is 1.97. The molecule has 0 heterocycles. The van der Waals surface area contributed by atoms with Crippen molar-refractivity contribution in [3.8, 4) is 5.75 Å². The standard InChI is InChI=1S/C10H12N2O2/c1-14-10-6-3-2-5-9(10)12-11-7-4-8-13/h2-8,12-13H,1H3/b8-4?,11-7+. The van der Waals surface area contributed by atoms with Crippen molar-refractivity contribution in [3.05, 3.63) is 36.6 Å². The number of hydrogen-bond donors (Lipinski definition) is 2. The molecule has 4 heteroatoms. The fraction of sp³-hybridized carbons (Fsp3) is 0.100. The van der Waals surface area contributed by atoms with E-state index in [2.05, 4.69) is 10.5 Å². The molecular weight excluding hydrogens is 180 g/mol. The molecule has 1 rings (SSSR count). The number of benzene rings is 1. The number of methoxy groups -OCH3 is 1. The number of ether oxygens (including phenoxy) is 1. The van der Waals surface area contributed by atoms with Crippen molar-refractivity contribution in [2.75, 3.05) is 12.5 Å². The first-order valence-corrected chi connectivity index (χ1v) is 4.10. The normalized spacial score (nSPS) is 10.9. The van der Waals surface area contributed by atoms with E-state index in [1.165, 1.54) is 12.3 Å². The third-order valence-corrected chi connectivity index (χ3v) is 1.54. The van der Waals surface area contributed by atoms with Crippen LogP contribution in [0.5, 0.6) is 5.75 Å². The number of aliphatic hydroxyl groups is 1. The molecule has 0 aliphatic carbocycles. The van der Waals surface area contributed by atoms with Gasteiger partial charge in [0.2, 0.25) is 0 Å². The molecule has 0 saturated carbocycles. The van der Waals surface area contributed by atoms with Crippen LogP contribution in [0, 0.1) is 0 Å². The minimum atomic E-state index is 0.720. The van der Waals surface area contributed by atoms with Crippen molar-refractivity contribution >= 4 is 11.9 Å². The number of anilines is 1. The van der Waals surface area contributed by atoms with Crippen LogP contribution in [0.3, 0.4) is 0 Å². The summed E-state index contributed by atoms with van der Waals surface area (Å²) in [5, 5.41) is 12.2. The highest BCUT2D eigenvalue weighted by Crippen LogP contribution is 2.22. The fourth-order valence-corrected chi connectivity index (χ4v) is 0.925. The monoisotopic (exact) mass is 192 g/mol. The van der Waals surface area contributed by atoms with Gasteiger partial charge in [0.1, 0.15) is 5.75 Å². The molecule has 1 aromatic rings. The molecule has 0 spiro atoms. The van der Waals surface area contributed by atoms with Gasteiger partial charge in [-0.25, -0.2) is 0 Å². The summed E-state index contributed by atoms with van der Waals surface area (Å²) < 4.78 is 5.10. The lowest BCUT2D eigenvalue weighted by Crippen LogP contribution is -1.92. The molecule has 0 aliphatic heterocycles. The second-order valence-electron chi connectivity index (χ2n) is 2.43. The van der Waals surface area contributed by atoms with Crippen LogP contribution in [-0.2, 0) is 0 Å². The van der Waals surface area contributed by atoms with Crippen molar-refractivity contribution < 1.29 is 9.84 Å². The minimum absolute atomic E-state index is 0.720. The average molecular weight is 192 g/mol. The molecule has 0 saturated heterocycles. The third kappa shape index (κ3) is 2.82. The van der Waals surface area contributed by atoms with Crippen LogP contribution in [0.4, 0.5) is 5.69 Å². The van der Waals surface area contributed by atoms with Crippen LogP contribution >= 0.6 is 0 Å². The molecule has 0 atom stereocenters. The number of allylic oxidation sites excluding steroid dienone is 1. The summed E-state index contributed by atoms with van der Waals surface area (Å²) in [7, 11) is 1.60. The van der Waals surface area contributed by atoms with Crippen molar-refractivity contribution in [1.29, 1.82) is 0 Å². The van der Waals surface area contributed by atoms with E-state index in [4.69, 9.17) is 9.84 Å². The largest absolute Gasteiger partial charge is 0.516 e. The first-order chi connectivity index (χ1) is 6.88. The Labute approximate surface area is 82.5 Å². The van der Waals surface area contributed by atoms with Crippen LogP contribution in [-0.4, -0.2) is 18.4 Å². The maximum Gasteiger partial charge on any atom is 0.143 e. The lowest BCUT2D eigenvalue weighted by Gasteiger charge is -2.05. The summed E-state index contributed by atoms with van der Waals surface area (Å²) in [4.78, 5) is 0. The zero-order valence-corrected chi connectivity index (χ0v) is 7.84. The zero-order chi connectivity index (χ0) is 10.2. The van der Waals surface area contributed by atoms with E-state index >= 15 is 0 Å². The summed E-state index contributed by atoms with van der Waals surface area (Å²) in [6.07, 6.45) is 3.75. The SMILES string of the molecule is COc1ccccc1N/N=C/C=CO. The highest BCUT2D eigenvalue weighted by molar-refractivity contribution is 5.72. The molecule has 2 N–H and O–H groups in total. The Kier molecular flexibility index (Phi) is 4.07. The van der Waals surface area contributed by atoms with Gasteiger partial charge in [-0.2, -0.15) is 5.10 Å².